The lowest BCUT2D eigenvalue weighted by molar-refractivity contribution is -0.134. The number of aliphatic imine (C=N–C) groups is 1. The number of carbonyl (C=O) groups excluding carboxylic acids is 1. The maximum Gasteiger partial charge on any atom is 0.356 e. The third kappa shape index (κ3) is 2.48. The number of nitrogens with zero attached hydrogens (tertiary/aromatic N) is 2. The van der Waals surface area contributed by atoms with E-state index in [2.05, 4.69) is 4.99 Å². The highest BCUT2D eigenvalue weighted by Gasteiger charge is 2.24. The number of thiocarbonyl (C=S) groups is 1. The molecule has 0 aliphatic carbocycles. The lowest BCUT2D eigenvalue weighted by Crippen LogP contribution is -2.24. The highest BCUT2D eigenvalue weighted by atomic mass is 32.1. The van der Waals surface area contributed by atoms with Gasteiger partial charge in [-0.2, -0.15) is 5.26 Å². The molecule has 15 heavy (non-hydrogen) atoms. The van der Waals surface area contributed by atoms with Crippen molar-refractivity contribution in [2.24, 2.45) is 10.9 Å². The fraction of sp³-hybridized carbons (Fsp3) is 0.400. The van der Waals surface area contributed by atoms with E-state index < -0.39 is 11.9 Å². The Kier molecular flexibility index (Phi) is 3.69. The summed E-state index contributed by atoms with van der Waals surface area (Å²) in [5, 5.41) is 8.80. The fourth-order valence-corrected chi connectivity index (χ4v) is 1.51. The Bertz CT molecular complexity index is 404. The van der Waals surface area contributed by atoms with Gasteiger partial charge in [0.25, 0.3) is 0 Å². The van der Waals surface area contributed by atoms with Gasteiger partial charge in [-0.3, -0.25) is 0 Å². The van der Waals surface area contributed by atoms with Crippen LogP contribution in [0.4, 0.5) is 0 Å². The monoisotopic (exact) mass is 222 g/mol. The van der Waals surface area contributed by atoms with E-state index in [-0.39, 0.29) is 10.7 Å². The molecule has 0 spiro atoms. The predicted octanol–water partition coefficient (Wildman–Crippen LogP) is 1.42. The Balaban J connectivity index is 2.94. The Morgan fingerprint density at radius 1 is 1.80 bits per heavy atom. The van der Waals surface area contributed by atoms with Crippen LogP contribution in [0.3, 0.4) is 0 Å². The first-order chi connectivity index (χ1) is 7.10. The molecule has 1 rings (SSSR count). The molecule has 4 nitrogen and oxygen atoms in total. The summed E-state index contributed by atoms with van der Waals surface area (Å²) in [6.45, 7) is 3.75. The van der Waals surface area contributed by atoms with Gasteiger partial charge >= 0.3 is 5.97 Å². The van der Waals surface area contributed by atoms with Crippen molar-refractivity contribution in [3.63, 3.8) is 0 Å². The summed E-state index contributed by atoms with van der Waals surface area (Å²) in [7, 11) is 0. The van der Waals surface area contributed by atoms with Crippen LogP contribution in [-0.4, -0.2) is 23.3 Å². The largest absolute Gasteiger partial charge is 0.461 e. The molecule has 0 amide bonds. The van der Waals surface area contributed by atoms with Crippen molar-refractivity contribution in [3.05, 3.63) is 11.6 Å². The summed E-state index contributed by atoms with van der Waals surface area (Å²) in [5.41, 5.74) is 0.895. The van der Waals surface area contributed by atoms with Crippen molar-refractivity contribution in [1.29, 1.82) is 5.26 Å². The average Bonchev–Trinajstić information content (AvgIpc) is 2.17. The number of ether oxygens (including phenoxy) is 1. The Labute approximate surface area is 93.3 Å². The molecule has 1 unspecified atom stereocenters. The van der Waals surface area contributed by atoms with Crippen molar-refractivity contribution in [1.82, 2.24) is 0 Å². The molecule has 0 aromatic carbocycles. The van der Waals surface area contributed by atoms with Crippen molar-refractivity contribution >= 4 is 28.9 Å². The molecule has 1 aliphatic heterocycles. The van der Waals surface area contributed by atoms with E-state index in [0.717, 1.165) is 5.57 Å². The number of nitriles is 1. The molecule has 1 aliphatic rings. The van der Waals surface area contributed by atoms with Crippen LogP contribution in [0.1, 0.15) is 13.8 Å². The van der Waals surface area contributed by atoms with Gasteiger partial charge in [0.2, 0.25) is 0 Å². The smallest absolute Gasteiger partial charge is 0.356 e. The van der Waals surface area contributed by atoms with Gasteiger partial charge in [-0.1, -0.05) is 12.2 Å². The molecule has 1 heterocycles. The van der Waals surface area contributed by atoms with E-state index in [1.165, 1.54) is 0 Å². The number of rotatable bonds is 2. The number of hydrogen-bond donors (Lipinski definition) is 0. The van der Waals surface area contributed by atoms with Crippen LogP contribution >= 0.6 is 12.2 Å². The van der Waals surface area contributed by atoms with E-state index in [1.54, 1.807) is 19.9 Å². The van der Waals surface area contributed by atoms with E-state index in [9.17, 15) is 4.79 Å². The lowest BCUT2D eigenvalue weighted by Gasteiger charge is -2.14. The second-order valence-electron chi connectivity index (χ2n) is 3.01. The highest BCUT2D eigenvalue weighted by Crippen LogP contribution is 2.18. The van der Waals surface area contributed by atoms with E-state index >= 15 is 0 Å². The molecule has 0 saturated heterocycles. The maximum atomic E-state index is 11.3. The molecule has 5 heteroatoms. The summed E-state index contributed by atoms with van der Waals surface area (Å²) in [4.78, 5) is 15.4. The summed E-state index contributed by atoms with van der Waals surface area (Å²) < 4.78 is 4.79. The minimum absolute atomic E-state index is 0.172. The zero-order chi connectivity index (χ0) is 11.4. The van der Waals surface area contributed by atoms with Crippen molar-refractivity contribution < 1.29 is 9.53 Å². The first-order valence-electron chi connectivity index (χ1n) is 4.47. The van der Waals surface area contributed by atoms with Gasteiger partial charge in [0.1, 0.15) is 16.6 Å². The van der Waals surface area contributed by atoms with Gasteiger partial charge in [-0.25, -0.2) is 9.79 Å². The van der Waals surface area contributed by atoms with Gasteiger partial charge in [-0.05, 0) is 25.5 Å². The molecule has 0 radical (unpaired) electrons. The topological polar surface area (TPSA) is 62.4 Å². The second kappa shape index (κ2) is 4.80. The van der Waals surface area contributed by atoms with Crippen LogP contribution in [0.5, 0.6) is 0 Å². The van der Waals surface area contributed by atoms with Crippen molar-refractivity contribution in [3.8, 4) is 6.07 Å². The van der Waals surface area contributed by atoms with Crippen molar-refractivity contribution in [2.75, 3.05) is 6.61 Å². The van der Waals surface area contributed by atoms with Gasteiger partial charge in [0.15, 0.2) is 0 Å². The van der Waals surface area contributed by atoms with Crippen LogP contribution < -0.4 is 0 Å². The van der Waals surface area contributed by atoms with Gasteiger partial charge < -0.3 is 4.74 Å². The number of carbonyl (C=O) groups is 1. The summed E-state index contributed by atoms with van der Waals surface area (Å²) >= 11 is 4.93. The summed E-state index contributed by atoms with van der Waals surface area (Å²) in [6.07, 6.45) is 1.54. The van der Waals surface area contributed by atoms with Crippen LogP contribution in [-0.2, 0) is 9.53 Å². The van der Waals surface area contributed by atoms with Crippen LogP contribution in [0.25, 0.3) is 0 Å². The molecule has 78 valence electrons. The third-order valence-corrected chi connectivity index (χ3v) is 2.24. The summed E-state index contributed by atoms with van der Waals surface area (Å²) in [6, 6.07) is 2.03. The van der Waals surface area contributed by atoms with Gasteiger partial charge in [0.05, 0.1) is 12.7 Å². The van der Waals surface area contributed by atoms with Crippen LogP contribution in [0.15, 0.2) is 16.6 Å². The first-order valence-corrected chi connectivity index (χ1v) is 4.88. The number of hydrogen-bond acceptors (Lipinski definition) is 4. The fourth-order valence-electron chi connectivity index (χ4n) is 1.18. The minimum Gasteiger partial charge on any atom is -0.461 e. The van der Waals surface area contributed by atoms with Gasteiger partial charge in [-0.15, -0.1) is 0 Å². The zero-order valence-corrected chi connectivity index (χ0v) is 9.30. The molecule has 0 bridgehead atoms. The zero-order valence-electron chi connectivity index (χ0n) is 8.48. The molecular formula is C10H10N2O2S. The van der Waals surface area contributed by atoms with Gasteiger partial charge in [0, 0.05) is 0 Å². The van der Waals surface area contributed by atoms with E-state index in [0.29, 0.717) is 6.61 Å². The maximum absolute atomic E-state index is 11.3. The highest BCUT2D eigenvalue weighted by molar-refractivity contribution is 7.80. The Hall–Kier alpha value is -1.54. The SMILES string of the molecule is CCOC(=O)C1=NC(=S)C(C#N)C(C)=C1. The standard InChI is InChI=1S/C10H10N2O2S/c1-3-14-10(13)8-4-6(2)7(5-11)9(15)12-8/h4,7H,3H2,1-2H3. The minimum atomic E-state index is -0.504. The van der Waals surface area contributed by atoms with E-state index in [1.807, 2.05) is 6.07 Å². The van der Waals surface area contributed by atoms with Crippen LogP contribution in [0, 0.1) is 17.2 Å². The molecular weight excluding hydrogens is 212 g/mol. The number of dihydropyridines is 1. The number of esters is 1. The molecule has 0 N–H and O–H groups in total. The third-order valence-electron chi connectivity index (χ3n) is 1.91. The Morgan fingerprint density at radius 3 is 2.93 bits per heavy atom. The lowest BCUT2D eigenvalue weighted by atomic mass is 9.98. The normalized spacial score (nSPS) is 20.1. The summed E-state index contributed by atoms with van der Waals surface area (Å²) in [5.74, 6) is -1.01. The van der Waals surface area contributed by atoms with Crippen LogP contribution in [0.2, 0.25) is 0 Å². The Morgan fingerprint density at radius 2 is 2.47 bits per heavy atom. The molecule has 0 fully saturated rings. The molecule has 1 atom stereocenters. The molecule has 0 aromatic rings. The quantitative estimate of drug-likeness (QED) is 0.523. The molecule has 0 aromatic heterocycles. The second-order valence-corrected chi connectivity index (χ2v) is 3.42. The molecule has 0 saturated carbocycles. The van der Waals surface area contributed by atoms with E-state index in [4.69, 9.17) is 22.2 Å². The first kappa shape index (κ1) is 11.5. The predicted molar refractivity (Wildman–Crippen MR) is 59.5 cm³/mol. The average molecular weight is 222 g/mol. The van der Waals surface area contributed by atoms with Crippen molar-refractivity contribution in [2.45, 2.75) is 13.8 Å².